The van der Waals surface area contributed by atoms with Gasteiger partial charge in [0.2, 0.25) is 11.8 Å². The lowest BCUT2D eigenvalue weighted by molar-refractivity contribution is -0.141. The van der Waals surface area contributed by atoms with Crippen LogP contribution in [0.15, 0.2) is 12.7 Å². The fraction of sp³-hybridized carbons (Fsp3) is 0.714. The molecule has 6 atom stereocenters. The van der Waals surface area contributed by atoms with Crippen LogP contribution in [0.2, 0.25) is 0 Å². The zero-order chi connectivity index (χ0) is 12.6. The molecular formula is C14H17NO3. The molecule has 2 aliphatic carbocycles. The van der Waals surface area contributed by atoms with Gasteiger partial charge in [-0.1, -0.05) is 19.4 Å². The summed E-state index contributed by atoms with van der Waals surface area (Å²) in [7, 11) is 0. The van der Waals surface area contributed by atoms with Crippen molar-refractivity contribution in [2.75, 3.05) is 6.54 Å². The molecule has 4 fully saturated rings. The van der Waals surface area contributed by atoms with E-state index in [9.17, 15) is 9.59 Å². The molecule has 0 aromatic heterocycles. The minimum absolute atomic E-state index is 0.0183. The normalized spacial score (nSPS) is 51.6. The minimum Gasteiger partial charge on any atom is -0.369 e. The average molecular weight is 247 g/mol. The Kier molecular flexibility index (Phi) is 1.93. The number of carbonyl (C=O) groups is 2. The van der Waals surface area contributed by atoms with Gasteiger partial charge in [0.1, 0.15) is 0 Å². The number of hydrogen-bond acceptors (Lipinski definition) is 3. The Balaban J connectivity index is 1.72. The molecule has 2 amide bonds. The van der Waals surface area contributed by atoms with Crippen LogP contribution >= 0.6 is 0 Å². The highest BCUT2D eigenvalue weighted by Crippen LogP contribution is 2.67. The lowest BCUT2D eigenvalue weighted by Crippen LogP contribution is -2.35. The molecule has 4 aliphatic rings. The maximum absolute atomic E-state index is 12.4. The molecule has 18 heavy (non-hydrogen) atoms. The van der Waals surface area contributed by atoms with Crippen LogP contribution in [0, 0.1) is 29.6 Å². The average Bonchev–Trinajstić information content (AvgIpc) is 2.95. The first-order valence-electron chi connectivity index (χ1n) is 6.82. The Hall–Kier alpha value is -1.16. The van der Waals surface area contributed by atoms with Crippen LogP contribution in [-0.4, -0.2) is 35.5 Å². The van der Waals surface area contributed by atoms with Crippen LogP contribution in [-0.2, 0) is 14.3 Å². The van der Waals surface area contributed by atoms with Gasteiger partial charge in [0, 0.05) is 18.4 Å². The number of rotatable bonds is 3. The van der Waals surface area contributed by atoms with Gasteiger partial charge in [-0.05, 0) is 5.92 Å². The highest BCUT2D eigenvalue weighted by Gasteiger charge is 2.76. The summed E-state index contributed by atoms with van der Waals surface area (Å²) >= 11 is 0. The topological polar surface area (TPSA) is 49.9 Å². The monoisotopic (exact) mass is 247 g/mol. The number of nitrogens with zero attached hydrogens (tertiary/aromatic N) is 1. The fourth-order valence-corrected chi connectivity index (χ4v) is 4.88. The Morgan fingerprint density at radius 2 is 1.78 bits per heavy atom. The van der Waals surface area contributed by atoms with Crippen LogP contribution in [0.5, 0.6) is 0 Å². The van der Waals surface area contributed by atoms with Crippen LogP contribution in [0.1, 0.15) is 13.3 Å². The van der Waals surface area contributed by atoms with E-state index in [2.05, 4.69) is 13.5 Å². The third kappa shape index (κ3) is 0.981. The molecule has 0 aromatic rings. The maximum Gasteiger partial charge on any atom is 0.233 e. The number of likely N-dealkylation sites (tertiary alicyclic amines) is 1. The number of epoxide rings is 1. The number of ether oxygens (including phenoxy) is 1. The summed E-state index contributed by atoms with van der Waals surface area (Å²) in [4.78, 5) is 26.2. The molecule has 2 aliphatic heterocycles. The first-order chi connectivity index (χ1) is 8.70. The van der Waals surface area contributed by atoms with Crippen molar-refractivity contribution in [1.29, 1.82) is 0 Å². The summed E-state index contributed by atoms with van der Waals surface area (Å²) in [5.41, 5.74) is 0. The van der Waals surface area contributed by atoms with E-state index in [1.165, 1.54) is 4.90 Å². The molecule has 4 heteroatoms. The number of fused-ring (bicyclic) bond motifs is 8. The highest BCUT2D eigenvalue weighted by atomic mass is 16.6. The SMILES string of the molecule is C=CCN1C(=O)C2C(C1=O)C1C(CC)C2C2OC21. The Labute approximate surface area is 106 Å². The number of amides is 2. The second-order valence-electron chi connectivity index (χ2n) is 5.92. The fourth-order valence-electron chi connectivity index (χ4n) is 4.88. The summed E-state index contributed by atoms with van der Waals surface area (Å²) in [5.74, 6) is 0.937. The number of carbonyl (C=O) groups excluding carboxylic acids is 2. The molecule has 0 spiro atoms. The molecule has 96 valence electrons. The van der Waals surface area contributed by atoms with Crippen molar-refractivity contribution in [2.45, 2.75) is 25.6 Å². The van der Waals surface area contributed by atoms with Gasteiger partial charge in [-0.3, -0.25) is 14.5 Å². The van der Waals surface area contributed by atoms with E-state index in [4.69, 9.17) is 4.74 Å². The number of imide groups is 1. The van der Waals surface area contributed by atoms with Gasteiger partial charge in [0.05, 0.1) is 24.0 Å². The van der Waals surface area contributed by atoms with E-state index in [1.54, 1.807) is 6.08 Å². The lowest BCUT2D eigenvalue weighted by atomic mass is 9.81. The Bertz CT molecular complexity index is 426. The van der Waals surface area contributed by atoms with E-state index in [-0.39, 0.29) is 35.9 Å². The molecule has 2 heterocycles. The zero-order valence-electron chi connectivity index (χ0n) is 10.4. The third-order valence-corrected chi connectivity index (χ3v) is 5.41. The predicted molar refractivity (Wildman–Crippen MR) is 63.3 cm³/mol. The third-order valence-electron chi connectivity index (χ3n) is 5.41. The predicted octanol–water partition coefficient (Wildman–Crippen LogP) is 0.827. The summed E-state index contributed by atoms with van der Waals surface area (Å²) in [6.07, 6.45) is 3.22. The van der Waals surface area contributed by atoms with Gasteiger partial charge in [-0.25, -0.2) is 0 Å². The van der Waals surface area contributed by atoms with Crippen molar-refractivity contribution in [3.63, 3.8) is 0 Å². The second-order valence-corrected chi connectivity index (χ2v) is 5.92. The molecule has 0 aromatic carbocycles. The molecular weight excluding hydrogens is 230 g/mol. The molecule has 4 nitrogen and oxygen atoms in total. The zero-order valence-corrected chi connectivity index (χ0v) is 10.4. The van der Waals surface area contributed by atoms with Crippen LogP contribution in [0.4, 0.5) is 0 Å². The lowest BCUT2D eigenvalue weighted by Gasteiger charge is -2.22. The molecule has 2 saturated heterocycles. The van der Waals surface area contributed by atoms with Gasteiger partial charge in [-0.2, -0.15) is 0 Å². The van der Waals surface area contributed by atoms with Crippen LogP contribution in [0.25, 0.3) is 0 Å². The van der Waals surface area contributed by atoms with Crippen molar-refractivity contribution in [3.8, 4) is 0 Å². The standard InChI is InChI=1S/C14H17NO3/c1-3-5-15-13(16)9-7-6(4-2)8(10(9)14(15)17)12-11(7)18-12/h3,6-12H,1,4-5H2,2H3. The van der Waals surface area contributed by atoms with Crippen LogP contribution in [0.3, 0.4) is 0 Å². The van der Waals surface area contributed by atoms with Crippen molar-refractivity contribution < 1.29 is 14.3 Å². The van der Waals surface area contributed by atoms with E-state index in [1.807, 2.05) is 0 Å². The van der Waals surface area contributed by atoms with E-state index >= 15 is 0 Å². The largest absolute Gasteiger partial charge is 0.369 e. The Morgan fingerprint density at radius 1 is 1.22 bits per heavy atom. The van der Waals surface area contributed by atoms with Gasteiger partial charge in [-0.15, -0.1) is 6.58 Å². The summed E-state index contributed by atoms with van der Waals surface area (Å²) in [6, 6.07) is 0. The van der Waals surface area contributed by atoms with Gasteiger partial charge < -0.3 is 4.74 Å². The van der Waals surface area contributed by atoms with Crippen molar-refractivity contribution in [1.82, 2.24) is 4.90 Å². The van der Waals surface area contributed by atoms with Gasteiger partial charge in [0.15, 0.2) is 0 Å². The molecule has 0 N–H and O–H groups in total. The second kappa shape index (κ2) is 3.23. The first kappa shape index (κ1) is 10.7. The highest BCUT2D eigenvalue weighted by molar-refractivity contribution is 6.06. The van der Waals surface area contributed by atoms with E-state index in [0.29, 0.717) is 24.3 Å². The van der Waals surface area contributed by atoms with Crippen LogP contribution < -0.4 is 0 Å². The number of hydrogen-bond donors (Lipinski definition) is 0. The van der Waals surface area contributed by atoms with E-state index in [0.717, 1.165) is 6.42 Å². The summed E-state index contributed by atoms with van der Waals surface area (Å²) < 4.78 is 5.66. The van der Waals surface area contributed by atoms with Gasteiger partial charge in [0.25, 0.3) is 0 Å². The van der Waals surface area contributed by atoms with Crippen molar-refractivity contribution in [2.24, 2.45) is 29.6 Å². The van der Waals surface area contributed by atoms with Gasteiger partial charge >= 0.3 is 0 Å². The quantitative estimate of drug-likeness (QED) is 0.421. The van der Waals surface area contributed by atoms with Crippen molar-refractivity contribution in [3.05, 3.63) is 12.7 Å². The minimum atomic E-state index is -0.101. The molecule has 4 rings (SSSR count). The molecule has 2 saturated carbocycles. The summed E-state index contributed by atoms with van der Waals surface area (Å²) in [5, 5.41) is 0. The molecule has 6 unspecified atom stereocenters. The Morgan fingerprint density at radius 3 is 2.22 bits per heavy atom. The van der Waals surface area contributed by atoms with Crippen molar-refractivity contribution >= 4 is 11.8 Å². The maximum atomic E-state index is 12.4. The van der Waals surface area contributed by atoms with E-state index < -0.39 is 0 Å². The molecule has 2 bridgehead atoms. The smallest absolute Gasteiger partial charge is 0.233 e. The molecule has 0 radical (unpaired) electrons. The summed E-state index contributed by atoms with van der Waals surface area (Å²) in [6.45, 7) is 6.14. The first-order valence-corrected chi connectivity index (χ1v) is 6.82.